The molecule has 0 bridgehead atoms. The molecule has 0 N–H and O–H groups in total. The molecule has 0 aromatic carbocycles. The van der Waals surface area contributed by atoms with Gasteiger partial charge in [0.2, 0.25) is 0 Å². The number of rotatable bonds is 7. The van der Waals surface area contributed by atoms with Crippen LogP contribution in [0, 0.1) is 45.3 Å². The minimum Gasteiger partial charge on any atom is -0.462 e. The highest BCUT2D eigenvalue weighted by Gasteiger charge is 2.70. The Morgan fingerprint density at radius 3 is 2.07 bits per heavy atom. The second kappa shape index (κ2) is 11.4. The number of ether oxygens (including phenoxy) is 3. The van der Waals surface area contributed by atoms with Crippen molar-refractivity contribution in [3.8, 4) is 0 Å². The summed E-state index contributed by atoms with van der Waals surface area (Å²) in [6.07, 6.45) is 10.7. The van der Waals surface area contributed by atoms with Gasteiger partial charge in [-0.15, -0.1) is 0 Å². The van der Waals surface area contributed by atoms with Crippen LogP contribution >= 0.6 is 0 Å². The predicted octanol–water partition coefficient (Wildman–Crippen LogP) is 7.99. The Bertz CT molecular complexity index is 1150. The van der Waals surface area contributed by atoms with E-state index in [9.17, 15) is 14.4 Å². The molecule has 0 heterocycles. The smallest absolute Gasteiger partial charge is 0.303 e. The van der Waals surface area contributed by atoms with Crippen molar-refractivity contribution in [2.45, 2.75) is 139 Å². The van der Waals surface area contributed by atoms with E-state index in [-0.39, 0.29) is 63.8 Å². The number of fused-ring (bicyclic) bond motifs is 5. The van der Waals surface area contributed by atoms with Crippen molar-refractivity contribution in [1.29, 1.82) is 0 Å². The molecule has 236 valence electrons. The highest BCUT2D eigenvalue weighted by Crippen LogP contribution is 2.75. The van der Waals surface area contributed by atoms with Gasteiger partial charge < -0.3 is 14.2 Å². The third-order valence-corrected chi connectivity index (χ3v) is 12.5. The maximum atomic E-state index is 12.6. The van der Waals surface area contributed by atoms with E-state index in [0.29, 0.717) is 17.8 Å². The molecule has 0 saturated heterocycles. The standard InChI is InChI=1S/C36H56O6/c1-21(2)18-26(40-23(4)37)19-22(3)27-14-15-36(11)32-30(41-24(5)38)20-29-28(34(32,9)16-17-35(27,36)10)12-13-31(33(29,7)8)42-25(6)39/h18,20,22,26-28,30-32H,12-17,19H2,1-11H3/t22-,26+,27-,28-,30+,31+,32-,34+,35-,36+/m1/s1. The molecule has 6 nitrogen and oxygen atoms in total. The van der Waals surface area contributed by atoms with Gasteiger partial charge in [-0.1, -0.05) is 52.7 Å². The second-order valence-corrected chi connectivity index (χ2v) is 15.7. The molecule has 0 aliphatic heterocycles. The Hall–Kier alpha value is -2.11. The zero-order valence-electron chi connectivity index (χ0n) is 28.1. The van der Waals surface area contributed by atoms with Gasteiger partial charge >= 0.3 is 17.9 Å². The molecule has 42 heavy (non-hydrogen) atoms. The Morgan fingerprint density at radius 1 is 0.857 bits per heavy atom. The maximum absolute atomic E-state index is 12.6. The largest absolute Gasteiger partial charge is 0.462 e. The Balaban J connectivity index is 1.73. The third kappa shape index (κ3) is 5.49. The van der Waals surface area contributed by atoms with Gasteiger partial charge in [-0.3, -0.25) is 14.4 Å². The molecule has 0 amide bonds. The normalized spacial score (nSPS) is 39.8. The molecule has 3 fully saturated rings. The molecule has 4 aliphatic carbocycles. The first-order valence-corrected chi connectivity index (χ1v) is 16.3. The first-order valence-electron chi connectivity index (χ1n) is 16.3. The van der Waals surface area contributed by atoms with Crippen LogP contribution in [0.3, 0.4) is 0 Å². The second-order valence-electron chi connectivity index (χ2n) is 15.7. The summed E-state index contributed by atoms with van der Waals surface area (Å²) in [5, 5.41) is 0. The van der Waals surface area contributed by atoms with Gasteiger partial charge in [0.25, 0.3) is 0 Å². The number of allylic oxidation sites excluding steroid dienone is 1. The summed E-state index contributed by atoms with van der Waals surface area (Å²) in [5.41, 5.74) is 2.14. The minimum absolute atomic E-state index is 0.0224. The number of carbonyl (C=O) groups is 3. The fourth-order valence-corrected chi connectivity index (χ4v) is 10.6. The molecule has 4 aliphatic rings. The van der Waals surface area contributed by atoms with E-state index in [1.165, 1.54) is 26.3 Å². The first kappa shape index (κ1) is 32.8. The molecular weight excluding hydrogens is 528 g/mol. The van der Waals surface area contributed by atoms with Crippen LogP contribution in [0.25, 0.3) is 0 Å². The number of esters is 3. The molecule has 0 aromatic rings. The average molecular weight is 585 g/mol. The van der Waals surface area contributed by atoms with Gasteiger partial charge in [-0.05, 0) is 105 Å². The van der Waals surface area contributed by atoms with E-state index in [4.69, 9.17) is 14.2 Å². The van der Waals surface area contributed by atoms with Gasteiger partial charge in [-0.2, -0.15) is 0 Å². The van der Waals surface area contributed by atoms with E-state index in [0.717, 1.165) is 50.5 Å². The molecule has 3 saturated carbocycles. The third-order valence-electron chi connectivity index (χ3n) is 12.5. The molecule has 0 aromatic heterocycles. The quantitative estimate of drug-likeness (QED) is 0.171. The van der Waals surface area contributed by atoms with Crippen LogP contribution in [0.4, 0.5) is 0 Å². The van der Waals surface area contributed by atoms with Crippen LogP contribution in [0.15, 0.2) is 23.3 Å². The Kier molecular flexibility index (Phi) is 8.93. The van der Waals surface area contributed by atoms with Gasteiger partial charge in [-0.25, -0.2) is 0 Å². The number of carbonyl (C=O) groups excluding carboxylic acids is 3. The number of hydrogen-bond donors (Lipinski definition) is 0. The summed E-state index contributed by atoms with van der Waals surface area (Å²) in [7, 11) is 0. The molecule has 0 unspecified atom stereocenters. The summed E-state index contributed by atoms with van der Waals surface area (Å²) < 4.78 is 17.9. The number of hydrogen-bond acceptors (Lipinski definition) is 6. The lowest BCUT2D eigenvalue weighted by Gasteiger charge is -2.67. The van der Waals surface area contributed by atoms with Crippen LogP contribution in [0.5, 0.6) is 0 Å². The van der Waals surface area contributed by atoms with E-state index in [2.05, 4.69) is 67.5 Å². The lowest BCUT2D eigenvalue weighted by atomic mass is 9.38. The van der Waals surface area contributed by atoms with Gasteiger partial charge in [0.1, 0.15) is 18.3 Å². The molecule has 0 radical (unpaired) electrons. The fourth-order valence-electron chi connectivity index (χ4n) is 10.6. The molecular formula is C36H56O6. The van der Waals surface area contributed by atoms with Crippen LogP contribution < -0.4 is 0 Å². The van der Waals surface area contributed by atoms with Crippen molar-refractivity contribution in [2.75, 3.05) is 0 Å². The SMILES string of the molecule is CC(=O)O[C@H]1C=C2[C@@H](CC[C@H](OC(C)=O)C2(C)C)[C@]2(C)CC[C@]3(C)[C@@H]([C@H](C)C[C@H](C=C(C)C)OC(C)=O)CC[C@@]3(C)[C@H]12. The topological polar surface area (TPSA) is 78.9 Å². The van der Waals surface area contributed by atoms with Crippen molar-refractivity contribution in [3.05, 3.63) is 23.3 Å². The van der Waals surface area contributed by atoms with Crippen LogP contribution in [-0.4, -0.2) is 36.2 Å². The zero-order valence-corrected chi connectivity index (χ0v) is 28.1. The van der Waals surface area contributed by atoms with Crippen molar-refractivity contribution >= 4 is 17.9 Å². The molecule has 0 spiro atoms. The monoisotopic (exact) mass is 584 g/mol. The van der Waals surface area contributed by atoms with E-state index in [1.54, 1.807) is 0 Å². The van der Waals surface area contributed by atoms with E-state index >= 15 is 0 Å². The van der Waals surface area contributed by atoms with Crippen LogP contribution in [0.2, 0.25) is 0 Å². The highest BCUT2D eigenvalue weighted by molar-refractivity contribution is 5.67. The molecule has 10 atom stereocenters. The van der Waals surface area contributed by atoms with Crippen LogP contribution in [-0.2, 0) is 28.6 Å². The Labute approximate surface area is 254 Å². The van der Waals surface area contributed by atoms with E-state index in [1.807, 2.05) is 0 Å². The van der Waals surface area contributed by atoms with Crippen molar-refractivity contribution in [2.24, 2.45) is 45.3 Å². The maximum Gasteiger partial charge on any atom is 0.303 e. The lowest BCUT2D eigenvalue weighted by molar-refractivity contribution is -0.194. The fraction of sp³-hybridized carbons (Fsp3) is 0.806. The minimum atomic E-state index is -0.327. The summed E-state index contributed by atoms with van der Waals surface area (Å²) in [4.78, 5) is 36.5. The zero-order chi connectivity index (χ0) is 31.4. The van der Waals surface area contributed by atoms with Gasteiger partial charge in [0, 0.05) is 32.1 Å². The summed E-state index contributed by atoms with van der Waals surface area (Å²) in [6.45, 7) is 22.8. The lowest BCUT2D eigenvalue weighted by Crippen LogP contribution is -2.63. The van der Waals surface area contributed by atoms with E-state index < -0.39 is 0 Å². The first-order chi connectivity index (χ1) is 19.4. The molecule has 6 heteroatoms. The van der Waals surface area contributed by atoms with Crippen molar-refractivity contribution < 1.29 is 28.6 Å². The summed E-state index contributed by atoms with van der Waals surface area (Å²) in [6, 6.07) is 0. The molecule has 4 rings (SSSR count). The van der Waals surface area contributed by atoms with Crippen LogP contribution in [0.1, 0.15) is 121 Å². The van der Waals surface area contributed by atoms with Gasteiger partial charge in [0.05, 0.1) is 0 Å². The summed E-state index contributed by atoms with van der Waals surface area (Å²) >= 11 is 0. The van der Waals surface area contributed by atoms with Crippen molar-refractivity contribution in [3.63, 3.8) is 0 Å². The average Bonchev–Trinajstić information content (AvgIpc) is 3.10. The summed E-state index contributed by atoms with van der Waals surface area (Å²) in [5.74, 6) is 0.697. The highest BCUT2D eigenvalue weighted by atomic mass is 16.6. The Morgan fingerprint density at radius 2 is 1.50 bits per heavy atom. The van der Waals surface area contributed by atoms with Gasteiger partial charge in [0.15, 0.2) is 0 Å². The predicted molar refractivity (Wildman–Crippen MR) is 164 cm³/mol. The van der Waals surface area contributed by atoms with Crippen molar-refractivity contribution in [1.82, 2.24) is 0 Å².